The van der Waals surface area contributed by atoms with Crippen molar-refractivity contribution in [2.24, 2.45) is 5.92 Å². The second-order valence-electron chi connectivity index (χ2n) is 7.71. The maximum Gasteiger partial charge on any atom is 0.257 e. The fourth-order valence-corrected chi connectivity index (χ4v) is 3.96. The SMILES string of the molecule is C.COc1cc(OC[C@H]2CCCN([C@H](C)c3ccc4c(n3)OCCO4)C2)cc(C)n1.S. The Morgan fingerprint density at radius 2 is 2.00 bits per heavy atom. The smallest absolute Gasteiger partial charge is 0.257 e. The molecule has 0 saturated carbocycles. The molecule has 8 heteroatoms. The summed E-state index contributed by atoms with van der Waals surface area (Å²) < 4.78 is 22.6. The number of piperidine rings is 1. The van der Waals surface area contributed by atoms with Crippen LogP contribution in [-0.4, -0.2) is 54.9 Å². The Morgan fingerprint density at radius 3 is 2.81 bits per heavy atom. The quantitative estimate of drug-likeness (QED) is 0.656. The van der Waals surface area contributed by atoms with E-state index in [0.29, 0.717) is 37.5 Å². The van der Waals surface area contributed by atoms with Gasteiger partial charge in [-0.15, -0.1) is 0 Å². The van der Waals surface area contributed by atoms with Crippen LogP contribution in [0.1, 0.15) is 44.6 Å². The van der Waals surface area contributed by atoms with E-state index < -0.39 is 0 Å². The molecule has 1 fully saturated rings. The Hall–Kier alpha value is -2.19. The molecule has 172 valence electrons. The molecule has 4 rings (SSSR count). The van der Waals surface area contributed by atoms with Crippen molar-refractivity contribution in [3.8, 4) is 23.3 Å². The van der Waals surface area contributed by atoms with Gasteiger partial charge in [0.2, 0.25) is 5.88 Å². The Kier molecular flexibility index (Phi) is 9.25. The van der Waals surface area contributed by atoms with Crippen LogP contribution in [0.5, 0.6) is 23.3 Å². The minimum absolute atomic E-state index is 0. The van der Waals surface area contributed by atoms with E-state index >= 15 is 0 Å². The van der Waals surface area contributed by atoms with Gasteiger partial charge < -0.3 is 18.9 Å². The lowest BCUT2D eigenvalue weighted by Gasteiger charge is -2.36. The molecule has 7 nitrogen and oxygen atoms in total. The van der Waals surface area contributed by atoms with Crippen LogP contribution >= 0.6 is 13.5 Å². The standard InChI is InChI=1S/C22H29N3O4.CH4.H2S/c1-15-11-18(12-21(23-15)26-3)29-14-17-5-4-8-25(13-17)16(2)19-6-7-20-22(24-19)28-10-9-27-20;;/h6-7,11-12,16-17H,4-5,8-10,13-14H2,1-3H3;1H4;1H2/t16-,17+;;/m1../s1. The van der Waals surface area contributed by atoms with Crippen molar-refractivity contribution in [1.29, 1.82) is 0 Å². The summed E-state index contributed by atoms with van der Waals surface area (Å²) >= 11 is 0. The normalized spacial score (nSPS) is 18.9. The highest BCUT2D eigenvalue weighted by atomic mass is 32.1. The van der Waals surface area contributed by atoms with E-state index in [1.807, 2.05) is 31.2 Å². The largest absolute Gasteiger partial charge is 0.493 e. The molecule has 0 aromatic carbocycles. The van der Waals surface area contributed by atoms with Crippen molar-refractivity contribution >= 4 is 13.5 Å². The summed E-state index contributed by atoms with van der Waals surface area (Å²) in [5.74, 6) is 3.22. The number of hydrogen-bond acceptors (Lipinski definition) is 7. The Balaban J connectivity index is 0.00000171. The molecule has 2 aliphatic heterocycles. The monoisotopic (exact) mass is 449 g/mol. The van der Waals surface area contributed by atoms with Crippen molar-refractivity contribution in [3.63, 3.8) is 0 Å². The first-order chi connectivity index (χ1) is 14.1. The number of fused-ring (bicyclic) bond motifs is 1. The molecular weight excluding hydrogens is 414 g/mol. The van der Waals surface area contributed by atoms with Gasteiger partial charge in [-0.2, -0.15) is 13.5 Å². The highest BCUT2D eigenvalue weighted by Gasteiger charge is 2.26. The number of nitrogens with zero attached hydrogens (tertiary/aromatic N) is 3. The van der Waals surface area contributed by atoms with Gasteiger partial charge in [0, 0.05) is 36.3 Å². The van der Waals surface area contributed by atoms with Gasteiger partial charge in [0.05, 0.1) is 19.4 Å². The summed E-state index contributed by atoms with van der Waals surface area (Å²) in [5.41, 5.74) is 1.91. The minimum Gasteiger partial charge on any atom is -0.493 e. The van der Waals surface area contributed by atoms with Crippen LogP contribution in [0.3, 0.4) is 0 Å². The zero-order chi connectivity index (χ0) is 20.2. The van der Waals surface area contributed by atoms with E-state index in [4.69, 9.17) is 23.9 Å². The number of likely N-dealkylation sites (tertiary alicyclic amines) is 1. The maximum atomic E-state index is 6.08. The summed E-state index contributed by atoms with van der Waals surface area (Å²) in [6, 6.07) is 8.03. The van der Waals surface area contributed by atoms with Gasteiger partial charge in [-0.05, 0) is 45.4 Å². The first kappa shape index (κ1) is 25.1. The summed E-state index contributed by atoms with van der Waals surface area (Å²) in [6.45, 7) is 8.03. The molecular formula is C23H35N3O4S. The number of aromatic nitrogens is 2. The topological polar surface area (TPSA) is 65.9 Å². The minimum atomic E-state index is 0. The lowest BCUT2D eigenvalue weighted by atomic mass is 9.97. The third-order valence-corrected chi connectivity index (χ3v) is 5.55. The average molecular weight is 450 g/mol. The first-order valence-corrected chi connectivity index (χ1v) is 10.3. The molecule has 0 radical (unpaired) electrons. The average Bonchev–Trinajstić information content (AvgIpc) is 2.76. The maximum absolute atomic E-state index is 6.08. The molecule has 0 bridgehead atoms. The molecule has 2 aromatic heterocycles. The molecule has 0 spiro atoms. The Bertz CT molecular complexity index is 852. The predicted octanol–water partition coefficient (Wildman–Crippen LogP) is 4.17. The highest BCUT2D eigenvalue weighted by molar-refractivity contribution is 7.59. The number of aryl methyl sites for hydroxylation is 1. The van der Waals surface area contributed by atoms with E-state index in [9.17, 15) is 0 Å². The first-order valence-electron chi connectivity index (χ1n) is 10.3. The second-order valence-corrected chi connectivity index (χ2v) is 7.71. The van der Waals surface area contributed by atoms with Gasteiger partial charge in [-0.1, -0.05) is 7.43 Å². The number of ether oxygens (including phenoxy) is 4. The number of hydrogen-bond donors (Lipinski definition) is 0. The molecule has 1 saturated heterocycles. The molecule has 4 heterocycles. The van der Waals surface area contributed by atoms with Crippen LogP contribution in [-0.2, 0) is 0 Å². The van der Waals surface area contributed by atoms with E-state index in [0.717, 1.165) is 42.4 Å². The van der Waals surface area contributed by atoms with E-state index in [2.05, 4.69) is 16.8 Å². The number of pyridine rings is 2. The van der Waals surface area contributed by atoms with Crippen molar-refractivity contribution in [3.05, 3.63) is 35.7 Å². The summed E-state index contributed by atoms with van der Waals surface area (Å²) in [6.07, 6.45) is 2.32. The van der Waals surface area contributed by atoms with Gasteiger partial charge in [0.25, 0.3) is 5.88 Å². The van der Waals surface area contributed by atoms with Gasteiger partial charge in [0.15, 0.2) is 5.75 Å². The molecule has 0 unspecified atom stereocenters. The van der Waals surface area contributed by atoms with Crippen LogP contribution in [0.2, 0.25) is 0 Å². The molecule has 0 amide bonds. The summed E-state index contributed by atoms with van der Waals surface area (Å²) in [7, 11) is 1.62. The van der Waals surface area contributed by atoms with Crippen molar-refractivity contribution in [1.82, 2.24) is 14.9 Å². The number of methoxy groups -OCH3 is 1. The van der Waals surface area contributed by atoms with Gasteiger partial charge in [0.1, 0.15) is 19.0 Å². The zero-order valence-corrected chi connectivity index (χ0v) is 18.9. The highest BCUT2D eigenvalue weighted by Crippen LogP contribution is 2.32. The lowest BCUT2D eigenvalue weighted by molar-refractivity contribution is 0.0980. The van der Waals surface area contributed by atoms with Crippen LogP contribution in [0, 0.1) is 12.8 Å². The van der Waals surface area contributed by atoms with Crippen molar-refractivity contribution in [2.75, 3.05) is 40.0 Å². The molecule has 2 aromatic rings. The number of rotatable bonds is 6. The van der Waals surface area contributed by atoms with E-state index in [1.165, 1.54) is 6.42 Å². The zero-order valence-electron chi connectivity index (χ0n) is 17.9. The van der Waals surface area contributed by atoms with Crippen LogP contribution in [0.4, 0.5) is 0 Å². The second kappa shape index (κ2) is 11.4. The van der Waals surface area contributed by atoms with Crippen molar-refractivity contribution in [2.45, 2.75) is 40.2 Å². The van der Waals surface area contributed by atoms with Gasteiger partial charge in [-0.25, -0.2) is 9.97 Å². The molecule has 31 heavy (non-hydrogen) atoms. The molecule has 2 atom stereocenters. The van der Waals surface area contributed by atoms with Gasteiger partial charge >= 0.3 is 0 Å². The van der Waals surface area contributed by atoms with Crippen molar-refractivity contribution < 1.29 is 18.9 Å². The van der Waals surface area contributed by atoms with Crippen LogP contribution in [0.15, 0.2) is 24.3 Å². The Labute approximate surface area is 192 Å². The van der Waals surface area contributed by atoms with Gasteiger partial charge in [-0.3, -0.25) is 4.90 Å². The van der Waals surface area contributed by atoms with Crippen LogP contribution in [0.25, 0.3) is 0 Å². The molecule has 0 N–H and O–H groups in total. The molecule has 0 aliphatic carbocycles. The van der Waals surface area contributed by atoms with Crippen LogP contribution < -0.4 is 18.9 Å². The molecule has 2 aliphatic rings. The van der Waals surface area contributed by atoms with E-state index in [1.54, 1.807) is 7.11 Å². The Morgan fingerprint density at radius 1 is 1.19 bits per heavy atom. The lowest BCUT2D eigenvalue weighted by Crippen LogP contribution is -2.39. The predicted molar refractivity (Wildman–Crippen MR) is 126 cm³/mol. The third-order valence-electron chi connectivity index (χ3n) is 5.55. The summed E-state index contributed by atoms with van der Waals surface area (Å²) in [4.78, 5) is 11.5. The fourth-order valence-electron chi connectivity index (χ4n) is 3.96. The van der Waals surface area contributed by atoms with E-state index in [-0.39, 0.29) is 27.0 Å². The fraction of sp³-hybridized carbons (Fsp3) is 0.565. The third kappa shape index (κ3) is 6.17. The summed E-state index contributed by atoms with van der Waals surface area (Å²) in [5, 5.41) is 0.